The Bertz CT molecular complexity index is 947. The molecule has 2 aromatic rings. The van der Waals surface area contributed by atoms with Crippen LogP contribution in [0.4, 0.5) is 10.1 Å². The van der Waals surface area contributed by atoms with Gasteiger partial charge in [-0.2, -0.15) is 0 Å². The number of fused-ring (bicyclic) bond motifs is 1. The lowest BCUT2D eigenvalue weighted by molar-refractivity contribution is -0.121. The van der Waals surface area contributed by atoms with Gasteiger partial charge in [-0.15, -0.1) is 0 Å². The summed E-state index contributed by atoms with van der Waals surface area (Å²) in [5, 5.41) is 0. The minimum absolute atomic E-state index is 0.127. The topological polar surface area (TPSA) is 97.0 Å². The zero-order valence-electron chi connectivity index (χ0n) is 14.6. The van der Waals surface area contributed by atoms with Gasteiger partial charge in [0.1, 0.15) is 25.1 Å². The van der Waals surface area contributed by atoms with Gasteiger partial charge < -0.3 is 9.47 Å². The van der Waals surface area contributed by atoms with Gasteiger partial charge in [-0.1, -0.05) is 0 Å². The lowest BCUT2D eigenvalue weighted by Gasteiger charge is -2.19. The van der Waals surface area contributed by atoms with Crippen LogP contribution in [0.3, 0.4) is 0 Å². The molecule has 144 valence electrons. The van der Waals surface area contributed by atoms with Crippen molar-refractivity contribution in [2.24, 2.45) is 0 Å². The van der Waals surface area contributed by atoms with Gasteiger partial charge in [0, 0.05) is 5.56 Å². The van der Waals surface area contributed by atoms with Crippen LogP contribution in [0.25, 0.3) is 0 Å². The third-order valence-electron chi connectivity index (χ3n) is 4.40. The number of ether oxygens (including phenoxy) is 2. The minimum atomic E-state index is -0.918. The molecule has 1 saturated heterocycles. The van der Waals surface area contributed by atoms with Crippen molar-refractivity contribution in [3.05, 3.63) is 53.8 Å². The zero-order chi connectivity index (χ0) is 19.7. The Morgan fingerprint density at radius 3 is 2.50 bits per heavy atom. The summed E-state index contributed by atoms with van der Waals surface area (Å²) in [6, 6.07) is 8.85. The molecule has 3 amide bonds. The summed E-state index contributed by atoms with van der Waals surface area (Å²) in [7, 11) is 0. The Morgan fingerprint density at radius 1 is 1.04 bits per heavy atom. The molecular formula is C19H16FN3O5. The van der Waals surface area contributed by atoms with E-state index in [1.165, 1.54) is 30.3 Å². The molecular weight excluding hydrogens is 369 g/mol. The Hall–Kier alpha value is -3.46. The monoisotopic (exact) mass is 385 g/mol. The van der Waals surface area contributed by atoms with E-state index in [2.05, 4.69) is 10.9 Å². The van der Waals surface area contributed by atoms with Gasteiger partial charge in [-0.05, 0) is 42.5 Å². The van der Waals surface area contributed by atoms with Crippen LogP contribution in [0, 0.1) is 5.82 Å². The number of nitrogens with one attached hydrogen (secondary N) is 2. The van der Waals surface area contributed by atoms with Crippen LogP contribution >= 0.6 is 0 Å². The number of rotatable bonds is 4. The zero-order valence-corrected chi connectivity index (χ0v) is 14.6. The first-order valence-electron chi connectivity index (χ1n) is 8.61. The lowest BCUT2D eigenvalue weighted by atomic mass is 10.2. The van der Waals surface area contributed by atoms with Crippen molar-refractivity contribution in [2.75, 3.05) is 18.1 Å². The Morgan fingerprint density at radius 2 is 1.75 bits per heavy atom. The molecule has 28 heavy (non-hydrogen) atoms. The molecule has 0 aliphatic carbocycles. The maximum absolute atomic E-state index is 13.1. The molecule has 2 N–H and O–H groups in total. The third kappa shape index (κ3) is 3.39. The number of hydrazine groups is 1. The first-order chi connectivity index (χ1) is 13.5. The van der Waals surface area contributed by atoms with E-state index in [1.54, 1.807) is 12.1 Å². The smallest absolute Gasteiger partial charge is 0.265 e. The van der Waals surface area contributed by atoms with E-state index in [-0.39, 0.29) is 12.1 Å². The average Bonchev–Trinajstić information content (AvgIpc) is 3.00. The van der Waals surface area contributed by atoms with Crippen LogP contribution in [-0.2, 0) is 9.59 Å². The van der Waals surface area contributed by atoms with Crippen molar-refractivity contribution in [1.82, 2.24) is 10.9 Å². The highest BCUT2D eigenvalue weighted by Gasteiger charge is 2.39. The largest absolute Gasteiger partial charge is 0.486 e. The summed E-state index contributed by atoms with van der Waals surface area (Å²) in [6.07, 6.45) is -0.127. The molecule has 0 radical (unpaired) electrons. The second-order valence-corrected chi connectivity index (χ2v) is 6.26. The molecule has 0 spiro atoms. The summed E-state index contributed by atoms with van der Waals surface area (Å²) in [5.41, 5.74) is 5.61. The van der Waals surface area contributed by atoms with Crippen molar-refractivity contribution in [2.45, 2.75) is 12.5 Å². The van der Waals surface area contributed by atoms with E-state index >= 15 is 0 Å². The number of anilines is 1. The molecule has 0 saturated carbocycles. The van der Waals surface area contributed by atoms with Gasteiger partial charge in [0.2, 0.25) is 5.91 Å². The number of benzene rings is 2. The molecule has 0 aromatic heterocycles. The molecule has 1 unspecified atom stereocenters. The normalized spacial score (nSPS) is 18.3. The SMILES string of the molecule is O=C(NNC1CC(=O)N(c2ccc(F)cc2)C1=O)c1ccc2c(c1)OCCO2. The third-order valence-corrected chi connectivity index (χ3v) is 4.40. The summed E-state index contributed by atoms with van der Waals surface area (Å²) < 4.78 is 23.9. The number of nitrogens with zero attached hydrogens (tertiary/aromatic N) is 1. The number of hydrogen-bond acceptors (Lipinski definition) is 6. The number of carbonyl (C=O) groups excluding carboxylic acids is 3. The summed E-state index contributed by atoms with van der Waals surface area (Å²) >= 11 is 0. The van der Waals surface area contributed by atoms with Gasteiger partial charge in [-0.3, -0.25) is 19.8 Å². The highest BCUT2D eigenvalue weighted by Crippen LogP contribution is 2.30. The summed E-state index contributed by atoms with van der Waals surface area (Å²) in [6.45, 7) is 0.844. The second-order valence-electron chi connectivity index (χ2n) is 6.26. The molecule has 1 fully saturated rings. The van der Waals surface area contributed by atoms with Crippen molar-refractivity contribution < 1.29 is 28.2 Å². The number of hydrogen-bond donors (Lipinski definition) is 2. The van der Waals surface area contributed by atoms with Crippen LogP contribution in [0.1, 0.15) is 16.8 Å². The molecule has 0 bridgehead atoms. The highest BCUT2D eigenvalue weighted by molar-refractivity contribution is 6.22. The second kappa shape index (κ2) is 7.28. The molecule has 1 atom stereocenters. The fourth-order valence-electron chi connectivity index (χ4n) is 3.02. The van der Waals surface area contributed by atoms with Gasteiger partial charge in [0.15, 0.2) is 11.5 Å². The molecule has 4 rings (SSSR count). The van der Waals surface area contributed by atoms with Crippen LogP contribution in [0.15, 0.2) is 42.5 Å². The van der Waals surface area contributed by atoms with E-state index in [1.807, 2.05) is 0 Å². The van der Waals surface area contributed by atoms with E-state index in [4.69, 9.17) is 9.47 Å². The fraction of sp³-hybridized carbons (Fsp3) is 0.211. The van der Waals surface area contributed by atoms with E-state index in [9.17, 15) is 18.8 Å². The molecule has 2 aromatic carbocycles. The average molecular weight is 385 g/mol. The summed E-state index contributed by atoms with van der Waals surface area (Å²) in [4.78, 5) is 38.0. The van der Waals surface area contributed by atoms with Gasteiger partial charge >= 0.3 is 0 Å². The maximum Gasteiger partial charge on any atom is 0.265 e. The number of imide groups is 1. The number of carbonyl (C=O) groups is 3. The first-order valence-corrected chi connectivity index (χ1v) is 8.61. The minimum Gasteiger partial charge on any atom is -0.486 e. The molecule has 8 nitrogen and oxygen atoms in total. The molecule has 9 heteroatoms. The number of halogens is 1. The van der Waals surface area contributed by atoms with E-state index in [0.29, 0.717) is 30.3 Å². The predicted molar refractivity (Wildman–Crippen MR) is 95.3 cm³/mol. The highest BCUT2D eigenvalue weighted by atomic mass is 19.1. The number of amides is 3. The van der Waals surface area contributed by atoms with Gasteiger partial charge in [0.25, 0.3) is 11.8 Å². The van der Waals surface area contributed by atoms with Crippen LogP contribution in [0.5, 0.6) is 11.5 Å². The Labute approximate surface area is 159 Å². The van der Waals surface area contributed by atoms with Crippen molar-refractivity contribution >= 4 is 23.4 Å². The van der Waals surface area contributed by atoms with Crippen LogP contribution in [-0.4, -0.2) is 37.0 Å². The first kappa shape index (κ1) is 17.9. The van der Waals surface area contributed by atoms with E-state index in [0.717, 1.165) is 4.90 Å². The van der Waals surface area contributed by atoms with Gasteiger partial charge in [-0.25, -0.2) is 14.7 Å². The van der Waals surface area contributed by atoms with Crippen molar-refractivity contribution in [1.29, 1.82) is 0 Å². The standard InChI is InChI=1S/C19H16FN3O5/c20-12-2-4-13(5-3-12)23-17(24)10-14(19(23)26)21-22-18(25)11-1-6-15-16(9-11)28-8-7-27-15/h1-6,9,14,21H,7-8,10H2,(H,22,25). The molecule has 2 aliphatic rings. The van der Waals surface area contributed by atoms with Crippen LogP contribution < -0.4 is 25.2 Å². The maximum atomic E-state index is 13.1. The quantitative estimate of drug-likeness (QED) is 0.606. The van der Waals surface area contributed by atoms with Gasteiger partial charge in [0.05, 0.1) is 12.1 Å². The fourth-order valence-corrected chi connectivity index (χ4v) is 3.02. The molecule has 2 aliphatic heterocycles. The van der Waals surface area contributed by atoms with Crippen molar-refractivity contribution in [3.63, 3.8) is 0 Å². The lowest BCUT2D eigenvalue weighted by Crippen LogP contribution is -2.48. The van der Waals surface area contributed by atoms with Crippen LogP contribution in [0.2, 0.25) is 0 Å². The molecule has 2 heterocycles. The Kier molecular flexibility index (Phi) is 4.66. The van der Waals surface area contributed by atoms with E-state index < -0.39 is 29.6 Å². The predicted octanol–water partition coefficient (Wildman–Crippen LogP) is 1.16. The Balaban J connectivity index is 1.41. The summed E-state index contributed by atoms with van der Waals surface area (Å²) in [5.74, 6) is -0.904. The van der Waals surface area contributed by atoms with Crippen molar-refractivity contribution in [3.8, 4) is 11.5 Å².